The number of likely N-dealkylation sites (N-methyl/N-ethyl adjacent to an activating group) is 1. The number of carbonyl (C=O) groups is 1. The van der Waals surface area contributed by atoms with Gasteiger partial charge in [-0.3, -0.25) is 9.36 Å². The van der Waals surface area contributed by atoms with Crippen molar-refractivity contribution in [2.24, 2.45) is 0 Å². The average molecular weight is 1260 g/mol. The number of hydrogen-bond acceptors (Lipinski definition) is 6. The monoisotopic (exact) mass is 1260 g/mol. The molecule has 0 aliphatic heterocycles. The van der Waals surface area contributed by atoms with Gasteiger partial charge in [-0.2, -0.15) is 0 Å². The minimum atomic E-state index is -4.62. The van der Waals surface area contributed by atoms with Crippen LogP contribution < -0.4 is 10.2 Å². The first-order chi connectivity index (χ1) is 43.0. The molecule has 0 fully saturated rings. The molecule has 88 heavy (non-hydrogen) atoms. The summed E-state index contributed by atoms with van der Waals surface area (Å²) in [7, 11) is 1.25. The van der Waals surface area contributed by atoms with Crippen molar-refractivity contribution >= 4 is 13.7 Å². The highest BCUT2D eigenvalue weighted by Crippen LogP contribution is 2.38. The lowest BCUT2D eigenvalue weighted by molar-refractivity contribution is -0.870. The zero-order valence-electron chi connectivity index (χ0n) is 60.0. The van der Waals surface area contributed by atoms with Crippen LogP contribution in [0.2, 0.25) is 0 Å². The molecule has 0 saturated heterocycles. The number of nitrogens with zero attached hydrogens (tertiary/aromatic N) is 1. The highest BCUT2D eigenvalue weighted by molar-refractivity contribution is 7.45. The second-order valence-corrected chi connectivity index (χ2v) is 29.8. The maximum absolute atomic E-state index is 13.1. The van der Waals surface area contributed by atoms with E-state index >= 15 is 0 Å². The molecule has 9 heteroatoms. The summed E-state index contributed by atoms with van der Waals surface area (Å²) in [6.07, 6.45) is 94.7. The van der Waals surface area contributed by atoms with Crippen LogP contribution in [0, 0.1) is 0 Å². The second-order valence-electron chi connectivity index (χ2n) is 28.4. The third-order valence-corrected chi connectivity index (χ3v) is 19.3. The van der Waals surface area contributed by atoms with Crippen molar-refractivity contribution in [2.75, 3.05) is 40.9 Å². The molecule has 1 amide bonds. The SMILES string of the molecule is CCCCCCCCCCCCCCCCCC/C=C/CC/C=C/CC/C=C/C(O)C(COP(=O)([O-])OCC[N+](C)(C)C)NC(=O)CCCCCCCCCCCCCCCCCCCCCCCCCCCCCCCCCCCCCCCCCC. The normalized spacial score (nSPS) is 13.7. The smallest absolute Gasteiger partial charge is 0.268 e. The zero-order chi connectivity index (χ0) is 64.1. The maximum atomic E-state index is 13.1. The number of phosphoric ester groups is 1. The van der Waals surface area contributed by atoms with Crippen LogP contribution in [0.25, 0.3) is 0 Å². The first kappa shape index (κ1) is 86.7. The van der Waals surface area contributed by atoms with Gasteiger partial charge in [0.15, 0.2) is 0 Å². The standard InChI is InChI=1S/C79H155N2O6P/c1-6-8-10-12-14-16-18-20-22-24-26-28-30-32-34-35-36-37-38-39-40-41-42-43-44-45-46-47-49-51-53-55-57-59-61-63-65-67-69-71-73-79(83)80-77(76-87-88(84,85)86-75-74-81(3,4)5)78(82)72-70-68-66-64-62-60-58-56-54-52-50-48-33-31-29-27-25-23-21-19-17-15-13-11-9-7-2/h54,56,62,64,70,72,77-78,82H,6-53,55,57-61,63,65-69,71,73-76H2,1-5H3,(H-,80,83,84,85)/b56-54+,64-62+,72-70+. The Balaban J connectivity index is 3.95. The molecular formula is C79H155N2O6P. The van der Waals surface area contributed by atoms with Crippen molar-refractivity contribution in [2.45, 2.75) is 424 Å². The van der Waals surface area contributed by atoms with Gasteiger partial charge >= 0.3 is 0 Å². The molecule has 8 nitrogen and oxygen atoms in total. The molecule has 0 radical (unpaired) electrons. The molecule has 0 rings (SSSR count). The topological polar surface area (TPSA) is 108 Å². The summed E-state index contributed by atoms with van der Waals surface area (Å²) < 4.78 is 23.5. The van der Waals surface area contributed by atoms with Gasteiger partial charge in [0.25, 0.3) is 7.82 Å². The van der Waals surface area contributed by atoms with Gasteiger partial charge in [0.2, 0.25) is 5.91 Å². The Morgan fingerprint density at radius 2 is 0.636 bits per heavy atom. The van der Waals surface area contributed by atoms with E-state index in [1.807, 2.05) is 27.2 Å². The number of amides is 1. The third kappa shape index (κ3) is 72.2. The fourth-order valence-corrected chi connectivity index (χ4v) is 13.0. The number of hydrogen-bond donors (Lipinski definition) is 2. The highest BCUT2D eigenvalue weighted by atomic mass is 31.2. The Morgan fingerprint density at radius 1 is 0.386 bits per heavy atom. The predicted octanol–water partition coefficient (Wildman–Crippen LogP) is 24.9. The van der Waals surface area contributed by atoms with Crippen molar-refractivity contribution in [1.29, 1.82) is 0 Å². The summed E-state index contributed by atoms with van der Waals surface area (Å²) in [5, 5.41) is 14.0. The van der Waals surface area contributed by atoms with Gasteiger partial charge in [-0.15, -0.1) is 0 Å². The van der Waals surface area contributed by atoms with Gasteiger partial charge in [0.1, 0.15) is 13.2 Å². The van der Waals surface area contributed by atoms with E-state index in [2.05, 4.69) is 43.5 Å². The number of aliphatic hydroxyl groups excluding tert-OH is 1. The summed E-state index contributed by atoms with van der Waals surface area (Å²) in [4.78, 5) is 25.7. The Kier molecular flexibility index (Phi) is 69.0. The highest BCUT2D eigenvalue weighted by Gasteiger charge is 2.23. The number of unbranched alkanes of at least 4 members (excludes halogenated alkanes) is 57. The van der Waals surface area contributed by atoms with Crippen LogP contribution >= 0.6 is 7.82 Å². The van der Waals surface area contributed by atoms with Crippen molar-refractivity contribution in [3.8, 4) is 0 Å². The maximum Gasteiger partial charge on any atom is 0.268 e. The van der Waals surface area contributed by atoms with Crippen LogP contribution in [-0.4, -0.2) is 68.5 Å². The molecule has 0 heterocycles. The van der Waals surface area contributed by atoms with Crippen LogP contribution in [0.5, 0.6) is 0 Å². The summed E-state index contributed by atoms with van der Waals surface area (Å²) in [5.74, 6) is -0.202. The van der Waals surface area contributed by atoms with Gasteiger partial charge in [0, 0.05) is 6.42 Å². The molecule has 522 valence electrons. The molecule has 0 aromatic carbocycles. The second kappa shape index (κ2) is 70.0. The van der Waals surface area contributed by atoms with Crippen molar-refractivity contribution in [3.05, 3.63) is 36.5 Å². The van der Waals surface area contributed by atoms with Crippen LogP contribution in [0.1, 0.15) is 412 Å². The molecule has 0 aliphatic rings. The van der Waals surface area contributed by atoms with Gasteiger partial charge in [-0.05, 0) is 44.9 Å². The van der Waals surface area contributed by atoms with E-state index in [1.165, 1.54) is 347 Å². The van der Waals surface area contributed by atoms with E-state index in [-0.39, 0.29) is 12.5 Å². The van der Waals surface area contributed by atoms with Crippen LogP contribution in [0.3, 0.4) is 0 Å². The van der Waals surface area contributed by atoms with E-state index in [9.17, 15) is 19.4 Å². The summed E-state index contributed by atoms with van der Waals surface area (Å²) in [5.41, 5.74) is 0. The average Bonchev–Trinajstić information content (AvgIpc) is 3.70. The molecular weight excluding hydrogens is 1100 g/mol. The lowest BCUT2D eigenvalue weighted by Crippen LogP contribution is -2.45. The largest absolute Gasteiger partial charge is 0.756 e. The molecule has 0 aromatic heterocycles. The van der Waals surface area contributed by atoms with E-state index in [1.54, 1.807) is 6.08 Å². The van der Waals surface area contributed by atoms with Gasteiger partial charge in [0.05, 0.1) is 39.9 Å². The van der Waals surface area contributed by atoms with Crippen molar-refractivity contribution in [3.63, 3.8) is 0 Å². The summed E-state index contributed by atoms with van der Waals surface area (Å²) in [6.45, 7) is 4.69. The zero-order valence-corrected chi connectivity index (χ0v) is 60.9. The molecule has 3 atom stereocenters. The molecule has 0 bridgehead atoms. The first-order valence-corrected chi connectivity index (χ1v) is 40.8. The van der Waals surface area contributed by atoms with Crippen LogP contribution in [-0.2, 0) is 18.4 Å². The van der Waals surface area contributed by atoms with E-state index < -0.39 is 26.6 Å². The summed E-state index contributed by atoms with van der Waals surface area (Å²) in [6, 6.07) is -0.910. The number of allylic oxidation sites excluding steroid dienone is 5. The molecule has 0 saturated carbocycles. The number of phosphoric acid groups is 1. The molecule has 3 unspecified atom stereocenters. The number of quaternary nitrogens is 1. The van der Waals surface area contributed by atoms with Crippen LogP contribution in [0.4, 0.5) is 0 Å². The number of carbonyl (C=O) groups excluding carboxylic acids is 1. The predicted molar refractivity (Wildman–Crippen MR) is 385 cm³/mol. The molecule has 0 aromatic rings. The van der Waals surface area contributed by atoms with E-state index in [0.29, 0.717) is 17.4 Å². The lowest BCUT2D eigenvalue weighted by Gasteiger charge is -2.29. The lowest BCUT2D eigenvalue weighted by atomic mass is 10.0. The first-order valence-electron chi connectivity index (χ1n) is 39.4. The van der Waals surface area contributed by atoms with Crippen molar-refractivity contribution in [1.82, 2.24) is 5.32 Å². The van der Waals surface area contributed by atoms with Gasteiger partial charge in [-0.1, -0.05) is 397 Å². The van der Waals surface area contributed by atoms with Crippen molar-refractivity contribution < 1.29 is 32.9 Å². The Hall–Kier alpha value is -1.28. The minimum Gasteiger partial charge on any atom is -0.756 e. The fraction of sp³-hybridized carbons (Fsp3) is 0.911. The minimum absolute atomic E-state index is 0.00699. The number of rotatable bonds is 74. The molecule has 0 aliphatic carbocycles. The quantitative estimate of drug-likeness (QED) is 0.0272. The molecule has 2 N–H and O–H groups in total. The third-order valence-electron chi connectivity index (χ3n) is 18.3. The summed E-state index contributed by atoms with van der Waals surface area (Å²) >= 11 is 0. The Bertz CT molecular complexity index is 1530. The molecule has 0 spiro atoms. The Morgan fingerprint density at radius 3 is 0.920 bits per heavy atom. The van der Waals surface area contributed by atoms with Gasteiger partial charge < -0.3 is 28.8 Å². The van der Waals surface area contributed by atoms with E-state index in [4.69, 9.17) is 9.05 Å². The van der Waals surface area contributed by atoms with Gasteiger partial charge in [-0.25, -0.2) is 0 Å². The fourth-order valence-electron chi connectivity index (χ4n) is 12.3. The van der Waals surface area contributed by atoms with Crippen LogP contribution in [0.15, 0.2) is 36.5 Å². The number of nitrogens with one attached hydrogen (secondary N) is 1. The van der Waals surface area contributed by atoms with E-state index in [0.717, 1.165) is 44.9 Å². The number of aliphatic hydroxyl groups is 1. The Labute approximate surface area is 550 Å².